The van der Waals surface area contributed by atoms with Crippen LogP contribution in [0.1, 0.15) is 44.6 Å². The van der Waals surface area contributed by atoms with Crippen LogP contribution in [-0.2, 0) is 5.60 Å². The number of rotatable bonds is 2. The minimum Gasteiger partial charge on any atom is -0.385 e. The number of hydrogen-bond acceptors (Lipinski definition) is 1. The van der Waals surface area contributed by atoms with Crippen LogP contribution in [0.25, 0.3) is 0 Å². The molecule has 0 bridgehead atoms. The van der Waals surface area contributed by atoms with Gasteiger partial charge in [0.15, 0.2) is 0 Å². The molecule has 1 saturated carbocycles. The first kappa shape index (κ1) is 11.6. The number of hydrogen-bond donors (Lipinski definition) is 1. The fraction of sp³-hybridized carbons (Fsp3) is 0.571. The highest BCUT2D eigenvalue weighted by Gasteiger charge is 2.40. The molecule has 0 amide bonds. The van der Waals surface area contributed by atoms with Gasteiger partial charge in [0.25, 0.3) is 0 Å². The van der Waals surface area contributed by atoms with E-state index in [0.29, 0.717) is 12.0 Å². The molecule has 1 aliphatic rings. The second-order valence-corrected chi connectivity index (χ2v) is 4.76. The molecule has 1 N–H and O–H groups in total. The molecule has 0 spiro atoms. The van der Waals surface area contributed by atoms with E-state index in [1.54, 1.807) is 18.2 Å². The lowest BCUT2D eigenvalue weighted by Gasteiger charge is -2.40. The van der Waals surface area contributed by atoms with Crippen LogP contribution >= 0.6 is 0 Å². The SMILES string of the molecule is CCC1CCCCC1(O)c1ccccc1F. The lowest BCUT2D eigenvalue weighted by atomic mass is 9.70. The Hall–Kier alpha value is -0.890. The fourth-order valence-electron chi connectivity index (χ4n) is 2.94. The Morgan fingerprint density at radius 1 is 1.38 bits per heavy atom. The van der Waals surface area contributed by atoms with Crippen LogP contribution in [0.3, 0.4) is 0 Å². The van der Waals surface area contributed by atoms with E-state index in [0.717, 1.165) is 25.7 Å². The molecule has 2 atom stereocenters. The van der Waals surface area contributed by atoms with Crippen LogP contribution in [0, 0.1) is 11.7 Å². The van der Waals surface area contributed by atoms with Gasteiger partial charge in [-0.25, -0.2) is 4.39 Å². The van der Waals surface area contributed by atoms with Crippen molar-refractivity contribution in [1.82, 2.24) is 0 Å². The van der Waals surface area contributed by atoms with Crippen molar-refractivity contribution < 1.29 is 9.50 Å². The van der Waals surface area contributed by atoms with Gasteiger partial charge in [-0.3, -0.25) is 0 Å². The molecule has 1 nitrogen and oxygen atoms in total. The van der Waals surface area contributed by atoms with Crippen LogP contribution < -0.4 is 0 Å². The summed E-state index contributed by atoms with van der Waals surface area (Å²) >= 11 is 0. The summed E-state index contributed by atoms with van der Waals surface area (Å²) in [6.07, 6.45) is 4.73. The third-order valence-corrected chi connectivity index (χ3v) is 3.87. The maximum atomic E-state index is 13.8. The zero-order valence-electron chi connectivity index (χ0n) is 9.75. The van der Waals surface area contributed by atoms with Crippen LogP contribution in [-0.4, -0.2) is 5.11 Å². The number of benzene rings is 1. The normalized spacial score (nSPS) is 30.3. The minimum atomic E-state index is -0.946. The molecule has 0 heterocycles. The van der Waals surface area contributed by atoms with Gasteiger partial charge < -0.3 is 5.11 Å². The summed E-state index contributed by atoms with van der Waals surface area (Å²) in [7, 11) is 0. The van der Waals surface area contributed by atoms with Crippen molar-refractivity contribution in [3.63, 3.8) is 0 Å². The molecular weight excluding hydrogens is 203 g/mol. The Morgan fingerprint density at radius 3 is 2.81 bits per heavy atom. The molecule has 0 saturated heterocycles. The monoisotopic (exact) mass is 222 g/mol. The van der Waals surface area contributed by atoms with E-state index < -0.39 is 5.60 Å². The van der Waals surface area contributed by atoms with Gasteiger partial charge in [-0.15, -0.1) is 0 Å². The summed E-state index contributed by atoms with van der Waals surface area (Å²) in [5.74, 6) is -0.0801. The van der Waals surface area contributed by atoms with Crippen molar-refractivity contribution in [2.75, 3.05) is 0 Å². The molecule has 0 radical (unpaired) electrons. The molecule has 2 heteroatoms. The van der Waals surface area contributed by atoms with Crippen LogP contribution in [0.15, 0.2) is 24.3 Å². The second kappa shape index (κ2) is 4.54. The highest BCUT2D eigenvalue weighted by molar-refractivity contribution is 5.25. The maximum Gasteiger partial charge on any atom is 0.129 e. The molecule has 2 rings (SSSR count). The van der Waals surface area contributed by atoms with E-state index in [9.17, 15) is 9.50 Å². The third kappa shape index (κ3) is 1.86. The molecule has 1 aliphatic carbocycles. The lowest BCUT2D eigenvalue weighted by Crippen LogP contribution is -2.38. The first-order chi connectivity index (χ1) is 7.68. The Morgan fingerprint density at radius 2 is 2.12 bits per heavy atom. The Balaban J connectivity index is 2.39. The fourth-order valence-corrected chi connectivity index (χ4v) is 2.94. The molecule has 2 unspecified atom stereocenters. The van der Waals surface area contributed by atoms with Gasteiger partial charge in [-0.2, -0.15) is 0 Å². The van der Waals surface area contributed by atoms with Crippen LogP contribution in [0.4, 0.5) is 4.39 Å². The smallest absolute Gasteiger partial charge is 0.129 e. The van der Waals surface area contributed by atoms with E-state index in [4.69, 9.17) is 0 Å². The summed E-state index contributed by atoms with van der Waals surface area (Å²) < 4.78 is 13.8. The zero-order valence-corrected chi connectivity index (χ0v) is 9.75. The van der Waals surface area contributed by atoms with Crippen molar-refractivity contribution in [1.29, 1.82) is 0 Å². The zero-order chi connectivity index (χ0) is 11.6. The van der Waals surface area contributed by atoms with E-state index in [1.165, 1.54) is 6.07 Å². The standard InChI is InChI=1S/C14H19FO/c1-2-11-7-5-6-10-14(11,16)12-8-3-4-9-13(12)15/h3-4,8-9,11,16H,2,5-7,10H2,1H3. The molecule has 88 valence electrons. The van der Waals surface area contributed by atoms with Gasteiger partial charge in [-0.1, -0.05) is 44.4 Å². The second-order valence-electron chi connectivity index (χ2n) is 4.76. The summed E-state index contributed by atoms with van der Waals surface area (Å²) in [5.41, 5.74) is -0.459. The molecule has 1 aromatic carbocycles. The van der Waals surface area contributed by atoms with Gasteiger partial charge >= 0.3 is 0 Å². The van der Waals surface area contributed by atoms with Gasteiger partial charge in [0.1, 0.15) is 5.82 Å². The average Bonchev–Trinajstić information content (AvgIpc) is 2.30. The summed E-state index contributed by atoms with van der Waals surface area (Å²) in [6, 6.07) is 6.64. The van der Waals surface area contributed by atoms with Crippen LogP contribution in [0.2, 0.25) is 0 Å². The highest BCUT2D eigenvalue weighted by Crippen LogP contribution is 2.43. The molecule has 0 aromatic heterocycles. The first-order valence-corrected chi connectivity index (χ1v) is 6.16. The third-order valence-electron chi connectivity index (χ3n) is 3.87. The van der Waals surface area contributed by atoms with E-state index in [1.807, 2.05) is 0 Å². The number of halogens is 1. The maximum absolute atomic E-state index is 13.8. The highest BCUT2D eigenvalue weighted by atomic mass is 19.1. The molecule has 0 aliphatic heterocycles. The molecule has 1 aromatic rings. The van der Waals surface area contributed by atoms with Crippen molar-refractivity contribution in [2.24, 2.45) is 5.92 Å². The Bertz CT molecular complexity index is 364. The van der Waals surface area contributed by atoms with E-state index >= 15 is 0 Å². The quantitative estimate of drug-likeness (QED) is 0.810. The van der Waals surface area contributed by atoms with E-state index in [-0.39, 0.29) is 11.7 Å². The summed E-state index contributed by atoms with van der Waals surface area (Å²) in [5, 5.41) is 10.7. The van der Waals surface area contributed by atoms with E-state index in [2.05, 4.69) is 6.92 Å². The largest absolute Gasteiger partial charge is 0.385 e. The lowest BCUT2D eigenvalue weighted by molar-refractivity contribution is -0.0583. The van der Waals surface area contributed by atoms with Crippen molar-refractivity contribution in [3.8, 4) is 0 Å². The van der Waals surface area contributed by atoms with Gasteiger partial charge in [-0.05, 0) is 24.8 Å². The van der Waals surface area contributed by atoms with Crippen molar-refractivity contribution in [2.45, 2.75) is 44.6 Å². The summed E-state index contributed by atoms with van der Waals surface area (Å²) in [6.45, 7) is 2.07. The van der Waals surface area contributed by atoms with Gasteiger partial charge in [0.2, 0.25) is 0 Å². The molecular formula is C14H19FO. The predicted molar refractivity (Wildman–Crippen MR) is 62.5 cm³/mol. The first-order valence-electron chi connectivity index (χ1n) is 6.16. The molecule has 1 fully saturated rings. The predicted octanol–water partition coefficient (Wildman–Crippen LogP) is 3.61. The van der Waals surface area contributed by atoms with Crippen LogP contribution in [0.5, 0.6) is 0 Å². The van der Waals surface area contributed by atoms with Crippen molar-refractivity contribution in [3.05, 3.63) is 35.6 Å². The Labute approximate surface area is 96.3 Å². The Kier molecular flexibility index (Phi) is 3.29. The summed E-state index contributed by atoms with van der Waals surface area (Å²) in [4.78, 5) is 0. The minimum absolute atomic E-state index is 0.193. The topological polar surface area (TPSA) is 20.2 Å². The van der Waals surface area contributed by atoms with Gasteiger partial charge in [0.05, 0.1) is 5.60 Å². The molecule has 16 heavy (non-hydrogen) atoms. The van der Waals surface area contributed by atoms with Gasteiger partial charge in [0, 0.05) is 5.56 Å². The van der Waals surface area contributed by atoms with Crippen molar-refractivity contribution >= 4 is 0 Å². The average molecular weight is 222 g/mol. The number of aliphatic hydroxyl groups is 1.